The summed E-state index contributed by atoms with van der Waals surface area (Å²) in [6.07, 6.45) is 2.39. The third kappa shape index (κ3) is 9.25. The van der Waals surface area contributed by atoms with Crippen molar-refractivity contribution in [3.05, 3.63) is 18.2 Å². The van der Waals surface area contributed by atoms with Crippen molar-refractivity contribution in [1.29, 1.82) is 0 Å². The minimum Gasteiger partial charge on any atom is -0.481 e. The summed E-state index contributed by atoms with van der Waals surface area (Å²) >= 11 is 0. The lowest BCUT2D eigenvalue weighted by molar-refractivity contribution is -0.139. The van der Waals surface area contributed by atoms with Crippen molar-refractivity contribution in [3.63, 3.8) is 0 Å². The summed E-state index contributed by atoms with van der Waals surface area (Å²) in [5.74, 6) is -5.02. The number of carboxylic acid groups (broad SMARTS) is 2. The van der Waals surface area contributed by atoms with Gasteiger partial charge in [-0.15, -0.1) is 0 Å². The average molecular weight is 440 g/mol. The van der Waals surface area contributed by atoms with Crippen LogP contribution in [0.3, 0.4) is 0 Å². The number of nitrogens with zero attached hydrogens (tertiary/aromatic N) is 1. The molecule has 0 aromatic carbocycles. The van der Waals surface area contributed by atoms with E-state index in [-0.39, 0.29) is 12.8 Å². The number of nitrogens with two attached hydrogens (primary N) is 1. The molecular weight excluding hydrogens is 412 g/mol. The highest BCUT2D eigenvalue weighted by Gasteiger charge is 2.30. The molecule has 1 aromatic heterocycles. The number of hydrogen-bond donors (Lipinski definition) is 7. The molecule has 0 fully saturated rings. The molecule has 0 bridgehead atoms. The molecular formula is C18H28N6O7. The third-order valence-electron chi connectivity index (χ3n) is 4.27. The summed E-state index contributed by atoms with van der Waals surface area (Å²) in [4.78, 5) is 65.6. The SMILES string of the molecule is CC(C)C(NC(=O)C(CCC(=O)O)NC(=O)C(N)Cc1cnc[nH]1)C(=O)NCC(=O)O. The van der Waals surface area contributed by atoms with Crippen LogP contribution in [0.4, 0.5) is 0 Å². The number of nitrogens with one attached hydrogen (secondary N) is 4. The molecule has 13 heteroatoms. The predicted molar refractivity (Wildman–Crippen MR) is 106 cm³/mol. The zero-order valence-corrected chi connectivity index (χ0v) is 17.3. The van der Waals surface area contributed by atoms with E-state index in [4.69, 9.17) is 15.9 Å². The number of carbonyl (C=O) groups is 5. The Morgan fingerprint density at radius 3 is 2.26 bits per heavy atom. The number of rotatable bonds is 13. The van der Waals surface area contributed by atoms with Crippen molar-refractivity contribution < 1.29 is 34.2 Å². The maximum Gasteiger partial charge on any atom is 0.322 e. The lowest BCUT2D eigenvalue weighted by Crippen LogP contribution is -2.57. The van der Waals surface area contributed by atoms with Gasteiger partial charge in [0.1, 0.15) is 18.6 Å². The summed E-state index contributed by atoms with van der Waals surface area (Å²) in [7, 11) is 0. The summed E-state index contributed by atoms with van der Waals surface area (Å²) in [5.41, 5.74) is 6.45. The molecule has 172 valence electrons. The molecule has 1 rings (SSSR count). The molecule has 0 aliphatic heterocycles. The Bertz CT molecular complexity index is 780. The molecule has 0 aliphatic carbocycles. The van der Waals surface area contributed by atoms with Crippen LogP contribution in [0.25, 0.3) is 0 Å². The first-order valence-corrected chi connectivity index (χ1v) is 9.56. The van der Waals surface area contributed by atoms with Gasteiger partial charge in [0.2, 0.25) is 17.7 Å². The largest absolute Gasteiger partial charge is 0.481 e. The molecule has 0 radical (unpaired) electrons. The highest BCUT2D eigenvalue weighted by molar-refractivity contribution is 5.94. The quantitative estimate of drug-likeness (QED) is 0.180. The average Bonchev–Trinajstić information content (AvgIpc) is 3.19. The van der Waals surface area contributed by atoms with Crippen LogP contribution in [0.15, 0.2) is 12.5 Å². The number of carboxylic acids is 2. The lowest BCUT2D eigenvalue weighted by Gasteiger charge is -2.25. The van der Waals surface area contributed by atoms with E-state index in [0.29, 0.717) is 5.69 Å². The van der Waals surface area contributed by atoms with Crippen LogP contribution < -0.4 is 21.7 Å². The maximum atomic E-state index is 12.7. The van der Waals surface area contributed by atoms with Crippen LogP contribution in [0.5, 0.6) is 0 Å². The van der Waals surface area contributed by atoms with Gasteiger partial charge in [-0.1, -0.05) is 13.8 Å². The van der Waals surface area contributed by atoms with Gasteiger partial charge in [0.05, 0.1) is 12.4 Å². The van der Waals surface area contributed by atoms with E-state index in [1.165, 1.54) is 12.5 Å². The van der Waals surface area contributed by atoms with E-state index >= 15 is 0 Å². The minimum absolute atomic E-state index is 0.116. The fraction of sp³-hybridized carbons (Fsp3) is 0.556. The summed E-state index contributed by atoms with van der Waals surface area (Å²) in [5, 5.41) is 24.7. The van der Waals surface area contributed by atoms with Crippen molar-refractivity contribution >= 4 is 29.7 Å². The molecule has 1 heterocycles. The highest BCUT2D eigenvalue weighted by atomic mass is 16.4. The monoisotopic (exact) mass is 440 g/mol. The minimum atomic E-state index is -1.26. The van der Waals surface area contributed by atoms with Crippen molar-refractivity contribution in [2.24, 2.45) is 11.7 Å². The normalized spacial score (nSPS) is 13.7. The van der Waals surface area contributed by atoms with E-state index in [1.54, 1.807) is 13.8 Å². The molecule has 3 amide bonds. The second-order valence-corrected chi connectivity index (χ2v) is 7.22. The number of aromatic amines is 1. The van der Waals surface area contributed by atoms with E-state index in [2.05, 4.69) is 25.9 Å². The summed E-state index contributed by atoms with van der Waals surface area (Å²) in [6.45, 7) is 2.65. The van der Waals surface area contributed by atoms with Crippen molar-refractivity contribution in [3.8, 4) is 0 Å². The van der Waals surface area contributed by atoms with Gasteiger partial charge in [0.25, 0.3) is 0 Å². The fourth-order valence-electron chi connectivity index (χ4n) is 2.60. The van der Waals surface area contributed by atoms with Crippen LogP contribution in [0.2, 0.25) is 0 Å². The van der Waals surface area contributed by atoms with Crippen molar-refractivity contribution in [2.75, 3.05) is 6.54 Å². The van der Waals surface area contributed by atoms with Crippen LogP contribution >= 0.6 is 0 Å². The highest BCUT2D eigenvalue weighted by Crippen LogP contribution is 2.06. The fourth-order valence-corrected chi connectivity index (χ4v) is 2.60. The molecule has 1 aromatic rings. The molecule has 3 unspecified atom stereocenters. The van der Waals surface area contributed by atoms with Gasteiger partial charge < -0.3 is 36.9 Å². The molecule has 13 nitrogen and oxygen atoms in total. The molecule has 0 spiro atoms. The van der Waals surface area contributed by atoms with Crippen LogP contribution in [-0.2, 0) is 30.4 Å². The van der Waals surface area contributed by atoms with Gasteiger partial charge in [-0.2, -0.15) is 0 Å². The summed E-state index contributed by atoms with van der Waals surface area (Å²) < 4.78 is 0. The Labute approximate surface area is 178 Å². The van der Waals surface area contributed by atoms with E-state index in [9.17, 15) is 24.0 Å². The molecule has 0 aliphatic rings. The zero-order chi connectivity index (χ0) is 23.6. The Hall–Kier alpha value is -3.48. The Kier molecular flexibility index (Phi) is 10.1. The van der Waals surface area contributed by atoms with Gasteiger partial charge >= 0.3 is 11.9 Å². The van der Waals surface area contributed by atoms with E-state index in [0.717, 1.165) is 0 Å². The van der Waals surface area contributed by atoms with Gasteiger partial charge in [0, 0.05) is 24.7 Å². The predicted octanol–water partition coefficient (Wildman–Crippen LogP) is -2.03. The van der Waals surface area contributed by atoms with Crippen LogP contribution in [-0.4, -0.2) is 74.5 Å². The molecule has 0 saturated heterocycles. The second kappa shape index (κ2) is 12.3. The van der Waals surface area contributed by atoms with Gasteiger partial charge in [-0.25, -0.2) is 4.98 Å². The molecule has 8 N–H and O–H groups in total. The van der Waals surface area contributed by atoms with Crippen molar-refractivity contribution in [1.82, 2.24) is 25.9 Å². The maximum absolute atomic E-state index is 12.7. The topological polar surface area (TPSA) is 217 Å². The molecule has 0 saturated carbocycles. The number of amides is 3. The zero-order valence-electron chi connectivity index (χ0n) is 17.3. The number of hydrogen-bond acceptors (Lipinski definition) is 7. The third-order valence-corrected chi connectivity index (χ3v) is 4.27. The van der Waals surface area contributed by atoms with Crippen molar-refractivity contribution in [2.45, 2.75) is 51.2 Å². The van der Waals surface area contributed by atoms with Gasteiger partial charge in [0.15, 0.2) is 0 Å². The van der Waals surface area contributed by atoms with Gasteiger partial charge in [-0.05, 0) is 12.3 Å². The standard InChI is InChI=1S/C18H28N6O7/c1-9(2)15(18(31)21-7-14(27)28)24-17(30)12(3-4-13(25)26)23-16(29)11(19)5-10-6-20-8-22-10/h6,8-9,11-12,15H,3-5,7,19H2,1-2H3,(H,20,22)(H,21,31)(H,23,29)(H,24,30)(H,25,26)(H,27,28). The second-order valence-electron chi connectivity index (χ2n) is 7.22. The smallest absolute Gasteiger partial charge is 0.322 e. The lowest BCUT2D eigenvalue weighted by atomic mass is 10.0. The van der Waals surface area contributed by atoms with Gasteiger partial charge in [-0.3, -0.25) is 24.0 Å². The first-order chi connectivity index (χ1) is 14.5. The van der Waals surface area contributed by atoms with E-state index < -0.39 is 66.7 Å². The number of aromatic nitrogens is 2. The molecule has 3 atom stereocenters. The Balaban J connectivity index is 2.84. The number of carbonyl (C=O) groups excluding carboxylic acids is 3. The molecule has 31 heavy (non-hydrogen) atoms. The number of H-pyrrole nitrogens is 1. The Morgan fingerprint density at radius 1 is 1.06 bits per heavy atom. The van der Waals surface area contributed by atoms with E-state index in [1.807, 2.05) is 0 Å². The number of aliphatic carboxylic acids is 2. The van der Waals surface area contributed by atoms with Crippen LogP contribution in [0.1, 0.15) is 32.4 Å². The summed E-state index contributed by atoms with van der Waals surface area (Å²) in [6, 6.07) is -3.37. The first-order valence-electron chi connectivity index (χ1n) is 9.56. The Morgan fingerprint density at radius 2 is 1.74 bits per heavy atom. The van der Waals surface area contributed by atoms with Crippen LogP contribution in [0, 0.1) is 5.92 Å². The first kappa shape index (κ1) is 25.6. The number of imidazole rings is 1.